The second-order valence-electron chi connectivity index (χ2n) is 5.76. The Morgan fingerprint density at radius 3 is 2.60 bits per heavy atom. The first-order valence-corrected chi connectivity index (χ1v) is 7.27. The summed E-state index contributed by atoms with van der Waals surface area (Å²) >= 11 is 0. The van der Waals surface area contributed by atoms with Crippen molar-refractivity contribution < 1.29 is 5.11 Å². The standard InChI is InChI=1S/C18H21NO/c1-12-7-10-17(13(2)18(12)20)19-16-9-8-14-5-3-4-6-15(14)11-16/h3-7,10,16,19-20H,8-9,11H2,1-2H3. The number of rotatable bonds is 2. The average Bonchev–Trinajstić information content (AvgIpc) is 2.48. The van der Waals surface area contributed by atoms with Crippen molar-refractivity contribution in [2.24, 2.45) is 0 Å². The SMILES string of the molecule is Cc1ccc(NC2CCc3ccccc3C2)c(C)c1O. The number of nitrogens with one attached hydrogen (secondary N) is 1. The van der Waals surface area contributed by atoms with Crippen LogP contribution in [0.3, 0.4) is 0 Å². The molecule has 3 rings (SSSR count). The van der Waals surface area contributed by atoms with Gasteiger partial charge < -0.3 is 10.4 Å². The third-order valence-electron chi connectivity index (χ3n) is 4.34. The number of aromatic hydroxyl groups is 1. The molecule has 0 amide bonds. The summed E-state index contributed by atoms with van der Waals surface area (Å²) in [4.78, 5) is 0. The second-order valence-corrected chi connectivity index (χ2v) is 5.76. The van der Waals surface area contributed by atoms with Crippen LogP contribution >= 0.6 is 0 Å². The zero-order valence-corrected chi connectivity index (χ0v) is 12.1. The Morgan fingerprint density at radius 1 is 1.05 bits per heavy atom. The van der Waals surface area contributed by atoms with Crippen molar-refractivity contribution in [3.63, 3.8) is 0 Å². The van der Waals surface area contributed by atoms with Crippen molar-refractivity contribution in [3.8, 4) is 5.75 Å². The van der Waals surface area contributed by atoms with E-state index in [1.165, 1.54) is 11.1 Å². The summed E-state index contributed by atoms with van der Waals surface area (Å²) in [5, 5.41) is 13.6. The number of fused-ring (bicyclic) bond motifs is 1. The molecule has 1 atom stereocenters. The maximum atomic E-state index is 10.0. The molecule has 1 unspecified atom stereocenters. The van der Waals surface area contributed by atoms with Crippen LogP contribution < -0.4 is 5.32 Å². The van der Waals surface area contributed by atoms with Crippen molar-refractivity contribution in [2.75, 3.05) is 5.32 Å². The van der Waals surface area contributed by atoms with Gasteiger partial charge in [0.25, 0.3) is 0 Å². The molecule has 20 heavy (non-hydrogen) atoms. The van der Waals surface area contributed by atoms with Gasteiger partial charge in [0.2, 0.25) is 0 Å². The fourth-order valence-electron chi connectivity index (χ4n) is 3.03. The normalized spacial score (nSPS) is 17.6. The predicted molar refractivity (Wildman–Crippen MR) is 83.5 cm³/mol. The average molecular weight is 267 g/mol. The Morgan fingerprint density at radius 2 is 1.80 bits per heavy atom. The van der Waals surface area contributed by atoms with E-state index >= 15 is 0 Å². The number of hydrogen-bond donors (Lipinski definition) is 2. The minimum Gasteiger partial charge on any atom is -0.507 e. The highest BCUT2D eigenvalue weighted by Gasteiger charge is 2.19. The molecule has 2 heteroatoms. The lowest BCUT2D eigenvalue weighted by Gasteiger charge is -2.27. The molecule has 0 saturated carbocycles. The van der Waals surface area contributed by atoms with Crippen molar-refractivity contribution in [1.82, 2.24) is 0 Å². The summed E-state index contributed by atoms with van der Waals surface area (Å²) in [6.07, 6.45) is 3.33. The van der Waals surface area contributed by atoms with Gasteiger partial charge in [0.1, 0.15) is 5.75 Å². The zero-order valence-electron chi connectivity index (χ0n) is 12.1. The Balaban J connectivity index is 1.79. The van der Waals surface area contributed by atoms with Crippen LogP contribution in [-0.4, -0.2) is 11.1 Å². The molecule has 2 N–H and O–H groups in total. The van der Waals surface area contributed by atoms with Gasteiger partial charge in [0.05, 0.1) is 0 Å². The molecule has 0 aliphatic heterocycles. The Bertz CT molecular complexity index is 633. The topological polar surface area (TPSA) is 32.3 Å². The molecule has 0 heterocycles. The number of anilines is 1. The Hall–Kier alpha value is -1.96. The van der Waals surface area contributed by atoms with Crippen LogP contribution in [0, 0.1) is 13.8 Å². The number of phenolic OH excluding ortho intramolecular Hbond substituents is 1. The third-order valence-corrected chi connectivity index (χ3v) is 4.34. The Kier molecular flexibility index (Phi) is 3.39. The predicted octanol–water partition coefficient (Wildman–Crippen LogP) is 3.98. The molecular formula is C18H21NO. The van der Waals surface area contributed by atoms with Gasteiger partial charge in [-0.25, -0.2) is 0 Å². The molecule has 0 radical (unpaired) electrons. The molecule has 0 fully saturated rings. The van der Waals surface area contributed by atoms with E-state index in [9.17, 15) is 5.11 Å². The quantitative estimate of drug-likeness (QED) is 0.862. The summed E-state index contributed by atoms with van der Waals surface area (Å²) < 4.78 is 0. The fraction of sp³-hybridized carbons (Fsp3) is 0.333. The molecule has 1 aliphatic carbocycles. The number of benzene rings is 2. The van der Waals surface area contributed by atoms with Gasteiger partial charge in [-0.15, -0.1) is 0 Å². The van der Waals surface area contributed by atoms with E-state index in [0.717, 1.165) is 36.1 Å². The summed E-state index contributed by atoms with van der Waals surface area (Å²) in [6.45, 7) is 3.91. The molecule has 2 aromatic carbocycles. The lowest BCUT2D eigenvalue weighted by Crippen LogP contribution is -2.27. The zero-order chi connectivity index (χ0) is 14.1. The van der Waals surface area contributed by atoms with E-state index in [0.29, 0.717) is 11.8 Å². The van der Waals surface area contributed by atoms with E-state index in [2.05, 4.69) is 35.6 Å². The highest BCUT2D eigenvalue weighted by Crippen LogP contribution is 2.30. The van der Waals surface area contributed by atoms with Gasteiger partial charge in [-0.05, 0) is 55.9 Å². The molecule has 0 saturated heterocycles. The molecular weight excluding hydrogens is 246 g/mol. The van der Waals surface area contributed by atoms with Gasteiger partial charge in [-0.2, -0.15) is 0 Å². The first kappa shape index (κ1) is 13.0. The molecule has 104 valence electrons. The third kappa shape index (κ3) is 2.38. The molecule has 0 bridgehead atoms. The number of aryl methyl sites for hydroxylation is 2. The molecule has 0 aromatic heterocycles. The molecule has 0 spiro atoms. The van der Waals surface area contributed by atoms with E-state index in [1.807, 2.05) is 19.9 Å². The van der Waals surface area contributed by atoms with Gasteiger partial charge >= 0.3 is 0 Å². The second kappa shape index (κ2) is 5.20. The molecule has 1 aliphatic rings. The summed E-state index contributed by atoms with van der Waals surface area (Å²) in [7, 11) is 0. The van der Waals surface area contributed by atoms with E-state index in [1.54, 1.807) is 0 Å². The fourth-order valence-corrected chi connectivity index (χ4v) is 3.03. The summed E-state index contributed by atoms with van der Waals surface area (Å²) in [5.41, 5.74) is 5.86. The van der Waals surface area contributed by atoms with E-state index < -0.39 is 0 Å². The lowest BCUT2D eigenvalue weighted by molar-refractivity contribution is 0.467. The van der Waals surface area contributed by atoms with Crippen molar-refractivity contribution in [3.05, 3.63) is 58.7 Å². The van der Waals surface area contributed by atoms with Crippen LogP contribution in [0.5, 0.6) is 5.75 Å². The van der Waals surface area contributed by atoms with Gasteiger partial charge in [-0.1, -0.05) is 30.3 Å². The maximum Gasteiger partial charge on any atom is 0.123 e. The van der Waals surface area contributed by atoms with Crippen LogP contribution in [0.25, 0.3) is 0 Å². The molecule has 2 nitrogen and oxygen atoms in total. The van der Waals surface area contributed by atoms with Gasteiger partial charge in [-0.3, -0.25) is 0 Å². The summed E-state index contributed by atoms with van der Waals surface area (Å²) in [6, 6.07) is 13.2. The van der Waals surface area contributed by atoms with E-state index in [4.69, 9.17) is 0 Å². The molecule has 2 aromatic rings. The van der Waals surface area contributed by atoms with Crippen LogP contribution in [0.1, 0.15) is 28.7 Å². The van der Waals surface area contributed by atoms with Crippen molar-refractivity contribution >= 4 is 5.69 Å². The number of phenols is 1. The highest BCUT2D eigenvalue weighted by molar-refractivity contribution is 5.59. The lowest BCUT2D eigenvalue weighted by atomic mass is 9.88. The maximum absolute atomic E-state index is 10.0. The number of hydrogen-bond acceptors (Lipinski definition) is 2. The van der Waals surface area contributed by atoms with Crippen LogP contribution in [0.4, 0.5) is 5.69 Å². The minimum absolute atomic E-state index is 0.409. The van der Waals surface area contributed by atoms with Gasteiger partial charge in [0.15, 0.2) is 0 Å². The highest BCUT2D eigenvalue weighted by atomic mass is 16.3. The minimum atomic E-state index is 0.409. The first-order valence-electron chi connectivity index (χ1n) is 7.27. The Labute approximate surface area is 120 Å². The van der Waals surface area contributed by atoms with Crippen molar-refractivity contribution in [1.29, 1.82) is 0 Å². The largest absolute Gasteiger partial charge is 0.507 e. The van der Waals surface area contributed by atoms with Crippen LogP contribution in [0.15, 0.2) is 36.4 Å². The first-order chi connectivity index (χ1) is 9.65. The van der Waals surface area contributed by atoms with E-state index in [-0.39, 0.29) is 0 Å². The van der Waals surface area contributed by atoms with Gasteiger partial charge in [0, 0.05) is 17.3 Å². The summed E-state index contributed by atoms with van der Waals surface area (Å²) in [5.74, 6) is 0.409. The van der Waals surface area contributed by atoms with Crippen molar-refractivity contribution in [2.45, 2.75) is 39.2 Å². The van der Waals surface area contributed by atoms with Crippen LogP contribution in [0.2, 0.25) is 0 Å². The smallest absolute Gasteiger partial charge is 0.123 e. The monoisotopic (exact) mass is 267 g/mol. The van der Waals surface area contributed by atoms with Crippen LogP contribution in [-0.2, 0) is 12.8 Å².